The lowest BCUT2D eigenvalue weighted by Gasteiger charge is -2.13. The van der Waals surface area contributed by atoms with Crippen LogP contribution in [0.2, 0.25) is 10.0 Å². The molecular weight excluding hydrogens is 411 g/mol. The number of amides is 1. The second-order valence-electron chi connectivity index (χ2n) is 5.52. The van der Waals surface area contributed by atoms with E-state index in [1.165, 1.54) is 6.92 Å². The van der Waals surface area contributed by atoms with Crippen molar-refractivity contribution in [2.75, 3.05) is 11.1 Å². The highest BCUT2D eigenvalue weighted by molar-refractivity contribution is 7.99. The van der Waals surface area contributed by atoms with Crippen molar-refractivity contribution >= 4 is 63.6 Å². The molecular formula is C18H14Cl2N2O4S. The molecule has 0 saturated heterocycles. The Balaban J connectivity index is 1.51. The molecule has 3 aromatic rings. The van der Waals surface area contributed by atoms with E-state index in [2.05, 4.69) is 10.3 Å². The summed E-state index contributed by atoms with van der Waals surface area (Å²) in [6.45, 7) is 1.48. The Kier molecular flexibility index (Phi) is 6.26. The third-order valence-corrected chi connectivity index (χ3v) is 4.63. The molecule has 0 saturated carbocycles. The standard InChI is InChI=1S/C18H14Cl2N2O4S/c1-10(17(24)21-13-7-11(19)6-12(20)8-13)25-16(23)9-27-18-22-14-4-2-3-5-15(14)26-18/h2-8,10H,9H2,1H3,(H,21,24). The molecule has 1 unspecified atom stereocenters. The lowest BCUT2D eigenvalue weighted by Crippen LogP contribution is -2.30. The van der Waals surface area contributed by atoms with Crippen LogP contribution in [0.4, 0.5) is 5.69 Å². The van der Waals surface area contributed by atoms with E-state index in [0.29, 0.717) is 32.1 Å². The summed E-state index contributed by atoms with van der Waals surface area (Å²) in [5, 5.41) is 3.73. The van der Waals surface area contributed by atoms with Crippen LogP contribution in [0.3, 0.4) is 0 Å². The highest BCUT2D eigenvalue weighted by Gasteiger charge is 2.19. The minimum Gasteiger partial charge on any atom is -0.452 e. The van der Waals surface area contributed by atoms with Crippen molar-refractivity contribution in [2.24, 2.45) is 0 Å². The molecule has 2 aromatic carbocycles. The molecule has 0 spiro atoms. The number of hydrogen-bond acceptors (Lipinski definition) is 6. The predicted molar refractivity (Wildman–Crippen MR) is 105 cm³/mol. The van der Waals surface area contributed by atoms with E-state index in [0.717, 1.165) is 11.8 Å². The summed E-state index contributed by atoms with van der Waals surface area (Å²) < 4.78 is 10.6. The van der Waals surface area contributed by atoms with E-state index in [-0.39, 0.29) is 5.75 Å². The van der Waals surface area contributed by atoms with Gasteiger partial charge in [0.1, 0.15) is 11.3 Å². The molecule has 27 heavy (non-hydrogen) atoms. The van der Waals surface area contributed by atoms with Gasteiger partial charge in [-0.2, -0.15) is 0 Å². The molecule has 6 nitrogen and oxygen atoms in total. The van der Waals surface area contributed by atoms with Crippen LogP contribution in [0.1, 0.15) is 6.92 Å². The quantitative estimate of drug-likeness (QED) is 0.452. The van der Waals surface area contributed by atoms with Gasteiger partial charge in [0.15, 0.2) is 11.7 Å². The summed E-state index contributed by atoms with van der Waals surface area (Å²) >= 11 is 12.9. The molecule has 9 heteroatoms. The Morgan fingerprint density at radius 2 is 1.93 bits per heavy atom. The number of thioether (sulfide) groups is 1. The number of fused-ring (bicyclic) bond motifs is 1. The Morgan fingerprint density at radius 1 is 1.22 bits per heavy atom. The Morgan fingerprint density at radius 3 is 2.63 bits per heavy atom. The number of benzene rings is 2. The smallest absolute Gasteiger partial charge is 0.317 e. The van der Waals surface area contributed by atoms with Crippen LogP contribution in [-0.4, -0.2) is 28.7 Å². The number of hydrogen-bond donors (Lipinski definition) is 1. The number of nitrogens with zero attached hydrogens (tertiary/aromatic N) is 1. The third-order valence-electron chi connectivity index (χ3n) is 3.40. The van der Waals surface area contributed by atoms with Crippen molar-refractivity contribution in [2.45, 2.75) is 18.3 Å². The van der Waals surface area contributed by atoms with E-state index in [1.807, 2.05) is 18.2 Å². The number of oxazole rings is 1. The first-order chi connectivity index (χ1) is 12.9. The largest absolute Gasteiger partial charge is 0.452 e. The maximum atomic E-state index is 12.2. The van der Waals surface area contributed by atoms with Crippen molar-refractivity contribution in [3.05, 3.63) is 52.5 Å². The first kappa shape index (κ1) is 19.5. The van der Waals surface area contributed by atoms with Crippen molar-refractivity contribution < 1.29 is 18.7 Å². The van der Waals surface area contributed by atoms with E-state index in [9.17, 15) is 9.59 Å². The molecule has 0 aliphatic heterocycles. The molecule has 0 aliphatic rings. The molecule has 0 radical (unpaired) electrons. The van der Waals surface area contributed by atoms with Crippen LogP contribution >= 0.6 is 35.0 Å². The van der Waals surface area contributed by atoms with Gasteiger partial charge in [0.05, 0.1) is 0 Å². The van der Waals surface area contributed by atoms with Gasteiger partial charge in [-0.3, -0.25) is 9.59 Å². The van der Waals surface area contributed by atoms with Crippen molar-refractivity contribution in [1.29, 1.82) is 0 Å². The summed E-state index contributed by atoms with van der Waals surface area (Å²) in [5.41, 5.74) is 1.77. The van der Waals surface area contributed by atoms with Crippen molar-refractivity contribution in [1.82, 2.24) is 4.98 Å². The van der Waals surface area contributed by atoms with Crippen LogP contribution in [0.5, 0.6) is 0 Å². The van der Waals surface area contributed by atoms with Crippen LogP contribution < -0.4 is 5.32 Å². The molecule has 1 N–H and O–H groups in total. The topological polar surface area (TPSA) is 81.4 Å². The molecule has 1 aromatic heterocycles. The number of para-hydroxylation sites is 2. The zero-order valence-electron chi connectivity index (χ0n) is 14.1. The van der Waals surface area contributed by atoms with Gasteiger partial charge in [0.2, 0.25) is 0 Å². The summed E-state index contributed by atoms with van der Waals surface area (Å²) in [5.74, 6) is -1.09. The summed E-state index contributed by atoms with van der Waals surface area (Å²) in [6.07, 6.45) is -0.987. The normalized spacial score (nSPS) is 12.0. The van der Waals surface area contributed by atoms with Gasteiger partial charge in [-0.25, -0.2) is 4.98 Å². The number of anilines is 1. The first-order valence-corrected chi connectivity index (χ1v) is 9.59. The van der Waals surface area contributed by atoms with Gasteiger partial charge in [-0.1, -0.05) is 47.1 Å². The van der Waals surface area contributed by atoms with Crippen molar-refractivity contribution in [3.8, 4) is 0 Å². The fourth-order valence-corrected chi connectivity index (χ4v) is 3.34. The van der Waals surface area contributed by atoms with Crippen molar-refractivity contribution in [3.63, 3.8) is 0 Å². The first-order valence-electron chi connectivity index (χ1n) is 7.85. The fraction of sp³-hybridized carbons (Fsp3) is 0.167. The van der Waals surface area contributed by atoms with E-state index in [1.54, 1.807) is 24.3 Å². The third kappa shape index (κ3) is 5.38. The van der Waals surface area contributed by atoms with Gasteiger partial charge in [-0.15, -0.1) is 0 Å². The highest BCUT2D eigenvalue weighted by Crippen LogP contribution is 2.24. The fourth-order valence-electron chi connectivity index (χ4n) is 2.19. The number of ether oxygens (including phenoxy) is 1. The summed E-state index contributed by atoms with van der Waals surface area (Å²) in [6, 6.07) is 11.9. The van der Waals surface area contributed by atoms with Crippen LogP contribution in [0.25, 0.3) is 11.1 Å². The monoisotopic (exact) mass is 424 g/mol. The highest BCUT2D eigenvalue weighted by atomic mass is 35.5. The lowest BCUT2D eigenvalue weighted by molar-refractivity contribution is -0.150. The molecule has 0 aliphatic carbocycles. The van der Waals surface area contributed by atoms with Gasteiger partial charge in [0, 0.05) is 15.7 Å². The molecule has 1 heterocycles. The number of nitrogens with one attached hydrogen (secondary N) is 1. The summed E-state index contributed by atoms with van der Waals surface area (Å²) in [7, 11) is 0. The Bertz CT molecular complexity index is 939. The number of aromatic nitrogens is 1. The minimum absolute atomic E-state index is 0.0343. The maximum absolute atomic E-state index is 12.2. The zero-order valence-corrected chi connectivity index (χ0v) is 16.4. The van der Waals surface area contributed by atoms with Gasteiger partial charge in [-0.05, 0) is 37.3 Å². The van der Waals surface area contributed by atoms with Gasteiger partial charge < -0.3 is 14.5 Å². The minimum atomic E-state index is -0.987. The SMILES string of the molecule is CC(OC(=O)CSc1nc2ccccc2o1)C(=O)Nc1cc(Cl)cc(Cl)c1. The van der Waals surface area contributed by atoms with Gasteiger partial charge in [0.25, 0.3) is 11.1 Å². The van der Waals surface area contributed by atoms with E-state index >= 15 is 0 Å². The maximum Gasteiger partial charge on any atom is 0.317 e. The molecule has 3 rings (SSSR count). The molecule has 140 valence electrons. The Hall–Kier alpha value is -2.22. The van der Waals surface area contributed by atoms with E-state index in [4.69, 9.17) is 32.4 Å². The molecule has 0 bridgehead atoms. The number of carbonyl (C=O) groups excluding carboxylic acids is 2. The predicted octanol–water partition coefficient (Wildman–Crippen LogP) is 4.80. The number of carbonyl (C=O) groups is 2. The second-order valence-corrected chi connectivity index (χ2v) is 7.32. The zero-order chi connectivity index (χ0) is 19.4. The number of halogens is 2. The molecule has 1 atom stereocenters. The van der Waals surface area contributed by atoms with Crippen LogP contribution in [0.15, 0.2) is 52.1 Å². The average Bonchev–Trinajstić information content (AvgIpc) is 3.02. The average molecular weight is 425 g/mol. The number of rotatable bonds is 6. The van der Waals surface area contributed by atoms with Crippen LogP contribution in [0, 0.1) is 0 Å². The van der Waals surface area contributed by atoms with E-state index < -0.39 is 18.0 Å². The number of esters is 1. The lowest BCUT2D eigenvalue weighted by atomic mass is 10.3. The second kappa shape index (κ2) is 8.65. The van der Waals surface area contributed by atoms with Crippen LogP contribution in [-0.2, 0) is 14.3 Å². The van der Waals surface area contributed by atoms with Gasteiger partial charge >= 0.3 is 5.97 Å². The summed E-state index contributed by atoms with van der Waals surface area (Å²) in [4.78, 5) is 28.4. The molecule has 1 amide bonds. The molecule has 0 fully saturated rings. The Labute approximate surface area is 169 Å².